The van der Waals surface area contributed by atoms with Crippen molar-refractivity contribution in [2.75, 3.05) is 6.61 Å². The van der Waals surface area contributed by atoms with Crippen LogP contribution in [0.3, 0.4) is 0 Å². The first-order valence-electron chi connectivity index (χ1n) is 6.30. The minimum atomic E-state index is -4.74. The average molecular weight is 308 g/mol. The van der Waals surface area contributed by atoms with Crippen LogP contribution in [0.4, 0.5) is 17.6 Å². The molecule has 0 radical (unpaired) electrons. The van der Waals surface area contributed by atoms with Gasteiger partial charge in [0.05, 0.1) is 17.2 Å². The van der Waals surface area contributed by atoms with Crippen molar-refractivity contribution in [3.63, 3.8) is 0 Å². The zero-order chi connectivity index (χ0) is 16.2. The van der Waals surface area contributed by atoms with E-state index in [1.807, 2.05) is 0 Å². The van der Waals surface area contributed by atoms with Gasteiger partial charge < -0.3 is 9.47 Å². The van der Waals surface area contributed by atoms with E-state index < -0.39 is 35.5 Å². The summed E-state index contributed by atoms with van der Waals surface area (Å²) in [5, 5.41) is 0. The SMILES string of the molecule is CC(C)OC(=O)c1ccc(OC[C@@H](C)F)cc1C(F)(F)F. The summed E-state index contributed by atoms with van der Waals surface area (Å²) >= 11 is 0. The van der Waals surface area contributed by atoms with Crippen LogP contribution < -0.4 is 4.74 Å². The first-order chi connectivity index (χ1) is 9.61. The first kappa shape index (κ1) is 17.3. The van der Waals surface area contributed by atoms with Crippen molar-refractivity contribution in [3.8, 4) is 5.75 Å². The molecule has 1 aromatic rings. The van der Waals surface area contributed by atoms with E-state index in [0.29, 0.717) is 6.07 Å². The molecule has 0 bridgehead atoms. The molecule has 0 spiro atoms. The van der Waals surface area contributed by atoms with Crippen LogP contribution in [0, 0.1) is 0 Å². The number of rotatable bonds is 5. The largest absolute Gasteiger partial charge is 0.491 e. The number of ether oxygens (including phenoxy) is 2. The highest BCUT2D eigenvalue weighted by Crippen LogP contribution is 2.35. The summed E-state index contributed by atoms with van der Waals surface area (Å²) < 4.78 is 61.3. The third-order valence-electron chi connectivity index (χ3n) is 2.34. The Balaban J connectivity index is 3.11. The number of carbonyl (C=O) groups is 1. The van der Waals surface area contributed by atoms with E-state index in [2.05, 4.69) is 0 Å². The van der Waals surface area contributed by atoms with Crippen molar-refractivity contribution < 1.29 is 31.8 Å². The standard InChI is InChI=1S/C14H16F4O3/c1-8(2)21-13(19)11-5-4-10(20-7-9(3)15)6-12(11)14(16,17)18/h4-6,8-9H,7H2,1-3H3/t9-/m1/s1. The molecule has 0 saturated carbocycles. The molecule has 0 fully saturated rings. The quantitative estimate of drug-likeness (QED) is 0.609. The van der Waals surface area contributed by atoms with Crippen LogP contribution in [-0.4, -0.2) is 24.9 Å². The zero-order valence-electron chi connectivity index (χ0n) is 11.8. The summed E-state index contributed by atoms with van der Waals surface area (Å²) in [7, 11) is 0. The van der Waals surface area contributed by atoms with Crippen molar-refractivity contribution in [2.24, 2.45) is 0 Å². The van der Waals surface area contributed by atoms with E-state index in [1.165, 1.54) is 26.8 Å². The lowest BCUT2D eigenvalue weighted by molar-refractivity contribution is -0.138. The number of alkyl halides is 4. The topological polar surface area (TPSA) is 35.5 Å². The number of carbonyl (C=O) groups excluding carboxylic acids is 1. The van der Waals surface area contributed by atoms with Crippen LogP contribution in [0.25, 0.3) is 0 Å². The first-order valence-corrected chi connectivity index (χ1v) is 6.30. The zero-order valence-corrected chi connectivity index (χ0v) is 11.8. The molecule has 1 atom stereocenters. The molecule has 3 nitrogen and oxygen atoms in total. The number of hydrogen-bond acceptors (Lipinski definition) is 3. The maximum absolute atomic E-state index is 13.0. The van der Waals surface area contributed by atoms with Gasteiger partial charge in [-0.25, -0.2) is 9.18 Å². The lowest BCUT2D eigenvalue weighted by Gasteiger charge is -2.15. The van der Waals surface area contributed by atoms with Gasteiger partial charge in [-0.1, -0.05) is 0 Å². The highest BCUT2D eigenvalue weighted by Gasteiger charge is 2.36. The van der Waals surface area contributed by atoms with E-state index in [-0.39, 0.29) is 12.4 Å². The molecule has 0 heterocycles. The van der Waals surface area contributed by atoms with E-state index >= 15 is 0 Å². The second-order valence-electron chi connectivity index (χ2n) is 4.75. The van der Waals surface area contributed by atoms with E-state index in [4.69, 9.17) is 9.47 Å². The molecule has 1 aromatic carbocycles. The van der Waals surface area contributed by atoms with Gasteiger partial charge in [-0.05, 0) is 39.0 Å². The normalized spacial score (nSPS) is 13.1. The molecule has 0 aliphatic carbocycles. The second kappa shape index (κ2) is 6.78. The molecule has 0 saturated heterocycles. The molecule has 0 aliphatic heterocycles. The molecule has 0 aliphatic rings. The van der Waals surface area contributed by atoms with E-state index in [1.54, 1.807) is 0 Å². The third kappa shape index (κ3) is 5.24. The minimum absolute atomic E-state index is 0.159. The van der Waals surface area contributed by atoms with E-state index in [0.717, 1.165) is 6.07 Å². The van der Waals surface area contributed by atoms with Crippen molar-refractivity contribution in [1.29, 1.82) is 0 Å². The van der Waals surface area contributed by atoms with Gasteiger partial charge in [0, 0.05) is 0 Å². The third-order valence-corrected chi connectivity index (χ3v) is 2.34. The Hall–Kier alpha value is -1.79. The molecule has 1 rings (SSSR count). The lowest BCUT2D eigenvalue weighted by atomic mass is 10.1. The number of esters is 1. The molecular weight excluding hydrogens is 292 g/mol. The fraction of sp³-hybridized carbons (Fsp3) is 0.500. The van der Waals surface area contributed by atoms with Crippen LogP contribution in [0.5, 0.6) is 5.75 Å². The summed E-state index contributed by atoms with van der Waals surface area (Å²) in [5.41, 5.74) is -1.77. The fourth-order valence-corrected chi connectivity index (χ4v) is 1.51. The van der Waals surface area contributed by atoms with Crippen LogP contribution in [0.1, 0.15) is 36.7 Å². The fourth-order valence-electron chi connectivity index (χ4n) is 1.51. The van der Waals surface area contributed by atoms with Crippen LogP contribution in [-0.2, 0) is 10.9 Å². The maximum Gasteiger partial charge on any atom is 0.417 e. The van der Waals surface area contributed by atoms with Crippen molar-refractivity contribution in [2.45, 2.75) is 39.2 Å². The Morgan fingerprint density at radius 2 is 1.86 bits per heavy atom. The van der Waals surface area contributed by atoms with Crippen molar-refractivity contribution >= 4 is 5.97 Å². The molecular formula is C14H16F4O3. The molecule has 0 N–H and O–H groups in total. The highest BCUT2D eigenvalue weighted by molar-refractivity contribution is 5.91. The van der Waals surface area contributed by atoms with Gasteiger partial charge in [-0.3, -0.25) is 0 Å². The Bertz CT molecular complexity index is 495. The smallest absolute Gasteiger partial charge is 0.417 e. The lowest BCUT2D eigenvalue weighted by Crippen LogP contribution is -2.18. The van der Waals surface area contributed by atoms with Crippen molar-refractivity contribution in [3.05, 3.63) is 29.3 Å². The summed E-state index contributed by atoms with van der Waals surface area (Å²) in [6, 6.07) is 2.81. The molecule has 0 unspecified atom stereocenters. The van der Waals surface area contributed by atoms with Gasteiger partial charge >= 0.3 is 12.1 Å². The predicted octanol–water partition coefficient (Wildman–Crippen LogP) is 4.01. The highest BCUT2D eigenvalue weighted by atomic mass is 19.4. The maximum atomic E-state index is 13.0. The minimum Gasteiger partial charge on any atom is -0.491 e. The van der Waals surface area contributed by atoms with Gasteiger partial charge in [0.25, 0.3) is 0 Å². The number of hydrogen-bond donors (Lipinski definition) is 0. The predicted molar refractivity (Wildman–Crippen MR) is 68.1 cm³/mol. The Labute approximate surface area is 119 Å². The number of halogens is 4. The van der Waals surface area contributed by atoms with Gasteiger partial charge in [0.2, 0.25) is 0 Å². The molecule has 21 heavy (non-hydrogen) atoms. The monoisotopic (exact) mass is 308 g/mol. The number of benzene rings is 1. The van der Waals surface area contributed by atoms with Gasteiger partial charge in [-0.2, -0.15) is 13.2 Å². The molecule has 0 amide bonds. The molecule has 118 valence electrons. The Kier molecular flexibility index (Phi) is 5.57. The second-order valence-corrected chi connectivity index (χ2v) is 4.75. The van der Waals surface area contributed by atoms with Gasteiger partial charge in [0.1, 0.15) is 18.5 Å². The summed E-state index contributed by atoms with van der Waals surface area (Å²) in [6.45, 7) is 3.92. The van der Waals surface area contributed by atoms with E-state index in [9.17, 15) is 22.4 Å². The van der Waals surface area contributed by atoms with Crippen LogP contribution >= 0.6 is 0 Å². The van der Waals surface area contributed by atoms with Crippen LogP contribution in [0.2, 0.25) is 0 Å². The summed E-state index contributed by atoms with van der Waals surface area (Å²) in [6.07, 6.45) is -6.60. The summed E-state index contributed by atoms with van der Waals surface area (Å²) in [4.78, 5) is 11.7. The Morgan fingerprint density at radius 3 is 2.33 bits per heavy atom. The van der Waals surface area contributed by atoms with Crippen LogP contribution in [0.15, 0.2) is 18.2 Å². The average Bonchev–Trinajstić information content (AvgIpc) is 2.34. The summed E-state index contributed by atoms with van der Waals surface area (Å²) in [5.74, 6) is -1.23. The molecule has 0 aromatic heterocycles. The Morgan fingerprint density at radius 1 is 1.24 bits per heavy atom. The van der Waals surface area contributed by atoms with Crippen molar-refractivity contribution in [1.82, 2.24) is 0 Å². The van der Waals surface area contributed by atoms with Gasteiger partial charge in [0.15, 0.2) is 0 Å². The van der Waals surface area contributed by atoms with Gasteiger partial charge in [-0.15, -0.1) is 0 Å². The molecule has 7 heteroatoms.